The van der Waals surface area contributed by atoms with Crippen LogP contribution in [0.3, 0.4) is 0 Å². The molecule has 0 aliphatic heterocycles. The van der Waals surface area contributed by atoms with Crippen molar-refractivity contribution in [2.45, 2.75) is 38.8 Å². The molecule has 0 fully saturated rings. The number of benzene rings is 3. The largest absolute Gasteiger partial charge is 0.368 e. The Morgan fingerprint density at radius 3 is 2.29 bits per heavy atom. The quantitative estimate of drug-likeness (QED) is 0.299. The fourth-order valence-corrected chi connectivity index (χ4v) is 4.95. The molecule has 0 saturated heterocycles. The summed E-state index contributed by atoms with van der Waals surface area (Å²) in [5.41, 5.74) is 10.6. The van der Waals surface area contributed by atoms with Crippen LogP contribution in [-0.4, -0.2) is 46.7 Å². The van der Waals surface area contributed by atoms with E-state index in [9.17, 15) is 14.4 Å². The van der Waals surface area contributed by atoms with Crippen LogP contribution in [0.15, 0.2) is 72.9 Å². The second-order valence-electron chi connectivity index (χ2n) is 9.63. The number of amides is 3. The summed E-state index contributed by atoms with van der Waals surface area (Å²) >= 11 is 6.41. The monoisotopic (exact) mass is 530 g/mol. The molecule has 4 N–H and O–H groups in total. The molecule has 0 aliphatic rings. The van der Waals surface area contributed by atoms with Crippen molar-refractivity contribution < 1.29 is 14.4 Å². The van der Waals surface area contributed by atoms with Gasteiger partial charge in [0.15, 0.2) is 0 Å². The van der Waals surface area contributed by atoms with Crippen molar-refractivity contribution in [2.75, 3.05) is 7.05 Å². The summed E-state index contributed by atoms with van der Waals surface area (Å²) in [6, 6.07) is 18.5. The summed E-state index contributed by atoms with van der Waals surface area (Å²) in [6.07, 6.45) is 2.18. The Morgan fingerprint density at radius 1 is 0.947 bits per heavy atom. The number of nitrogens with zero attached hydrogens (tertiary/aromatic N) is 1. The molecule has 3 amide bonds. The van der Waals surface area contributed by atoms with Gasteiger partial charge in [-0.15, -0.1) is 0 Å². The van der Waals surface area contributed by atoms with E-state index in [-0.39, 0.29) is 18.7 Å². The molecular weight excluding hydrogens is 500 g/mol. The number of carbonyl (C=O) groups is 3. The highest BCUT2D eigenvalue weighted by molar-refractivity contribution is 6.31. The van der Waals surface area contributed by atoms with E-state index in [0.717, 1.165) is 27.6 Å². The van der Waals surface area contributed by atoms with Gasteiger partial charge in [0.25, 0.3) is 5.91 Å². The number of para-hydroxylation sites is 1. The van der Waals surface area contributed by atoms with Crippen LogP contribution in [0.1, 0.15) is 32.6 Å². The Hall–Kier alpha value is -4.10. The number of hydrogen-bond donors (Lipinski definition) is 3. The van der Waals surface area contributed by atoms with E-state index < -0.39 is 23.9 Å². The maximum atomic E-state index is 13.7. The Labute approximate surface area is 227 Å². The maximum absolute atomic E-state index is 13.7. The molecule has 4 aromatic rings. The summed E-state index contributed by atoms with van der Waals surface area (Å²) in [7, 11) is 1.58. The number of H-pyrrole nitrogens is 1. The van der Waals surface area contributed by atoms with Gasteiger partial charge in [0, 0.05) is 47.6 Å². The fraction of sp³-hybridized carbons (Fsp3) is 0.233. The number of rotatable bonds is 9. The average Bonchev–Trinajstić information content (AvgIpc) is 3.29. The first-order chi connectivity index (χ1) is 18.1. The maximum Gasteiger partial charge on any atom is 0.254 e. The number of primary amides is 1. The minimum absolute atomic E-state index is 0.164. The Bertz CT molecular complexity index is 1480. The molecule has 8 heteroatoms. The zero-order valence-corrected chi connectivity index (χ0v) is 22.4. The summed E-state index contributed by atoms with van der Waals surface area (Å²) in [6.45, 7) is 3.83. The molecule has 7 nitrogen and oxygen atoms in total. The van der Waals surface area contributed by atoms with E-state index in [1.165, 1.54) is 4.90 Å². The first-order valence-electron chi connectivity index (χ1n) is 12.4. The van der Waals surface area contributed by atoms with Gasteiger partial charge in [0.2, 0.25) is 11.8 Å². The van der Waals surface area contributed by atoms with Crippen molar-refractivity contribution in [1.29, 1.82) is 0 Å². The molecule has 1 heterocycles. The molecule has 38 heavy (non-hydrogen) atoms. The second kappa shape index (κ2) is 11.5. The van der Waals surface area contributed by atoms with Crippen LogP contribution in [0.2, 0.25) is 5.02 Å². The molecule has 196 valence electrons. The minimum atomic E-state index is -0.972. The van der Waals surface area contributed by atoms with Crippen LogP contribution in [0.25, 0.3) is 10.9 Å². The number of aryl methyl sites for hydroxylation is 2. The van der Waals surface area contributed by atoms with E-state index in [1.807, 2.05) is 62.5 Å². The SMILES string of the molecule is Cc1cc(C)cc(C(=O)N(C)[C@H](Cc2ccccc2Cl)C(=O)N[C@@H](Cc2c[nH]c3ccccc23)C(N)=O)c1. The van der Waals surface area contributed by atoms with E-state index in [4.69, 9.17) is 17.3 Å². The van der Waals surface area contributed by atoms with Crippen molar-refractivity contribution in [1.82, 2.24) is 15.2 Å². The standard InChI is InChI=1S/C30H31ClN4O3/c1-18-12-19(2)14-21(13-18)30(38)35(3)27(16-20-8-4-6-10-24(20)31)29(37)34-26(28(32)36)15-22-17-33-25-11-7-5-9-23(22)25/h4-14,17,26-27,33H,15-16H2,1-3H3,(H2,32,36)(H,34,37)/t26-,27+/m0/s1. The van der Waals surface area contributed by atoms with Gasteiger partial charge in [0.05, 0.1) is 0 Å². The highest BCUT2D eigenvalue weighted by Gasteiger charge is 2.31. The van der Waals surface area contributed by atoms with Gasteiger partial charge in [-0.25, -0.2) is 0 Å². The highest BCUT2D eigenvalue weighted by atomic mass is 35.5. The first-order valence-corrected chi connectivity index (χ1v) is 12.8. The van der Waals surface area contributed by atoms with Gasteiger partial charge in [0.1, 0.15) is 12.1 Å². The van der Waals surface area contributed by atoms with E-state index >= 15 is 0 Å². The number of nitrogens with two attached hydrogens (primary N) is 1. The summed E-state index contributed by atoms with van der Waals surface area (Å²) in [4.78, 5) is 44.2. The van der Waals surface area contributed by atoms with Crippen molar-refractivity contribution in [2.24, 2.45) is 5.73 Å². The van der Waals surface area contributed by atoms with Gasteiger partial charge in [-0.2, -0.15) is 0 Å². The lowest BCUT2D eigenvalue weighted by Crippen LogP contribution is -2.54. The van der Waals surface area contributed by atoms with Crippen LogP contribution in [0.5, 0.6) is 0 Å². The van der Waals surface area contributed by atoms with E-state index in [2.05, 4.69) is 10.3 Å². The predicted octanol–water partition coefficient (Wildman–Crippen LogP) is 4.33. The molecular formula is C30H31ClN4O3. The van der Waals surface area contributed by atoms with Gasteiger partial charge in [-0.3, -0.25) is 14.4 Å². The average molecular weight is 531 g/mol. The van der Waals surface area contributed by atoms with E-state index in [0.29, 0.717) is 16.1 Å². The number of fused-ring (bicyclic) bond motifs is 1. The van der Waals surface area contributed by atoms with Crippen molar-refractivity contribution in [3.8, 4) is 0 Å². The lowest BCUT2D eigenvalue weighted by Gasteiger charge is -2.29. The normalized spacial score (nSPS) is 12.6. The number of hydrogen-bond acceptors (Lipinski definition) is 3. The molecule has 3 aromatic carbocycles. The van der Waals surface area contributed by atoms with Crippen molar-refractivity contribution >= 4 is 40.2 Å². The summed E-state index contributed by atoms with van der Waals surface area (Å²) in [5, 5.41) is 4.24. The fourth-order valence-electron chi connectivity index (χ4n) is 4.73. The third kappa shape index (κ3) is 6.06. The number of aromatic amines is 1. The zero-order valence-electron chi connectivity index (χ0n) is 21.6. The van der Waals surface area contributed by atoms with Crippen LogP contribution < -0.4 is 11.1 Å². The molecule has 4 rings (SSSR count). The third-order valence-electron chi connectivity index (χ3n) is 6.69. The molecule has 0 spiro atoms. The Kier molecular flexibility index (Phi) is 8.17. The van der Waals surface area contributed by atoms with Crippen LogP contribution >= 0.6 is 11.6 Å². The van der Waals surface area contributed by atoms with Crippen LogP contribution in [-0.2, 0) is 22.4 Å². The van der Waals surface area contributed by atoms with Crippen molar-refractivity contribution in [3.63, 3.8) is 0 Å². The van der Waals surface area contributed by atoms with Gasteiger partial charge in [-0.1, -0.05) is 65.2 Å². The molecule has 0 saturated carbocycles. The molecule has 0 aliphatic carbocycles. The summed E-state index contributed by atoms with van der Waals surface area (Å²) < 4.78 is 0. The lowest BCUT2D eigenvalue weighted by atomic mass is 10.00. The lowest BCUT2D eigenvalue weighted by molar-refractivity contribution is -0.130. The predicted molar refractivity (Wildman–Crippen MR) is 150 cm³/mol. The van der Waals surface area contributed by atoms with Gasteiger partial charge in [-0.05, 0) is 49.2 Å². The van der Waals surface area contributed by atoms with Gasteiger partial charge >= 0.3 is 0 Å². The number of carbonyl (C=O) groups excluding carboxylic acids is 3. The molecule has 0 unspecified atom stereocenters. The van der Waals surface area contributed by atoms with Crippen LogP contribution in [0.4, 0.5) is 0 Å². The second-order valence-corrected chi connectivity index (χ2v) is 10.0. The Morgan fingerprint density at radius 2 is 1.61 bits per heavy atom. The molecule has 0 bridgehead atoms. The minimum Gasteiger partial charge on any atom is -0.368 e. The molecule has 1 aromatic heterocycles. The van der Waals surface area contributed by atoms with Crippen molar-refractivity contribution in [3.05, 3.63) is 106 Å². The highest BCUT2D eigenvalue weighted by Crippen LogP contribution is 2.22. The molecule has 0 radical (unpaired) electrons. The number of nitrogens with one attached hydrogen (secondary N) is 2. The van der Waals surface area contributed by atoms with Crippen LogP contribution in [0, 0.1) is 13.8 Å². The summed E-state index contributed by atoms with van der Waals surface area (Å²) in [5.74, 6) is -1.46. The molecule has 2 atom stereocenters. The number of likely N-dealkylation sites (N-methyl/N-ethyl adjacent to an activating group) is 1. The topological polar surface area (TPSA) is 108 Å². The number of aromatic nitrogens is 1. The zero-order chi connectivity index (χ0) is 27.4. The number of halogens is 1. The Balaban J connectivity index is 1.63. The van der Waals surface area contributed by atoms with E-state index in [1.54, 1.807) is 31.3 Å². The third-order valence-corrected chi connectivity index (χ3v) is 7.06. The smallest absolute Gasteiger partial charge is 0.254 e. The van der Waals surface area contributed by atoms with Gasteiger partial charge < -0.3 is 20.9 Å². The first kappa shape index (κ1) is 26.9.